The zero-order valence-corrected chi connectivity index (χ0v) is 10.8. The van der Waals surface area contributed by atoms with Crippen LogP contribution in [0.25, 0.3) is 0 Å². The van der Waals surface area contributed by atoms with Crippen LogP contribution in [0.2, 0.25) is 10.0 Å². The third-order valence-corrected chi connectivity index (χ3v) is 2.54. The Kier molecular flexibility index (Phi) is 5.06. The monoisotopic (exact) mass is 260 g/mol. The highest BCUT2D eigenvalue weighted by Gasteiger charge is 2.05. The first kappa shape index (κ1) is 13.3. The van der Waals surface area contributed by atoms with Gasteiger partial charge in [-0.3, -0.25) is 4.79 Å². The molecule has 0 aliphatic heterocycles. The lowest BCUT2D eigenvalue weighted by molar-refractivity contribution is -0.121. The van der Waals surface area contributed by atoms with Crippen molar-refractivity contribution in [3.05, 3.63) is 33.8 Å². The lowest BCUT2D eigenvalue weighted by Gasteiger charge is -2.10. The number of carbonyl (C=O) groups is 1. The lowest BCUT2D eigenvalue weighted by atomic mass is 10.2. The summed E-state index contributed by atoms with van der Waals surface area (Å²) >= 11 is 11.7. The van der Waals surface area contributed by atoms with Gasteiger partial charge in [0.05, 0.1) is 6.54 Å². The van der Waals surface area contributed by atoms with E-state index in [1.807, 2.05) is 14.1 Å². The third-order valence-electron chi connectivity index (χ3n) is 1.95. The van der Waals surface area contributed by atoms with Crippen LogP contribution in [0.5, 0.6) is 0 Å². The molecule has 0 heterocycles. The summed E-state index contributed by atoms with van der Waals surface area (Å²) in [7, 11) is 3.68. The Morgan fingerprint density at radius 2 is 2.06 bits per heavy atom. The van der Waals surface area contributed by atoms with E-state index in [9.17, 15) is 4.79 Å². The van der Waals surface area contributed by atoms with Gasteiger partial charge >= 0.3 is 0 Å². The molecule has 0 spiro atoms. The van der Waals surface area contributed by atoms with Crippen molar-refractivity contribution in [2.45, 2.75) is 6.54 Å². The summed E-state index contributed by atoms with van der Waals surface area (Å²) in [5.41, 5.74) is 0.859. The normalized spacial score (nSPS) is 10.6. The zero-order valence-electron chi connectivity index (χ0n) is 9.26. The van der Waals surface area contributed by atoms with E-state index >= 15 is 0 Å². The standard InChI is InChI=1S/C11H14Cl2N2O/c1-15(2)7-11(16)14-6-8-3-4-9(12)5-10(8)13/h3-5H,6-7H2,1-2H3,(H,14,16). The van der Waals surface area contributed by atoms with Crippen molar-refractivity contribution >= 4 is 29.1 Å². The SMILES string of the molecule is CN(C)CC(=O)NCc1ccc(Cl)cc1Cl. The molecule has 1 amide bonds. The average molecular weight is 261 g/mol. The molecule has 0 saturated heterocycles. The van der Waals surface area contributed by atoms with E-state index in [4.69, 9.17) is 23.2 Å². The van der Waals surface area contributed by atoms with Crippen LogP contribution in [-0.4, -0.2) is 31.4 Å². The summed E-state index contributed by atoms with van der Waals surface area (Å²) in [6, 6.07) is 5.22. The van der Waals surface area contributed by atoms with Crippen molar-refractivity contribution in [1.29, 1.82) is 0 Å². The van der Waals surface area contributed by atoms with Gasteiger partial charge < -0.3 is 10.2 Å². The van der Waals surface area contributed by atoms with Gasteiger partial charge in [-0.05, 0) is 31.8 Å². The van der Waals surface area contributed by atoms with E-state index in [1.165, 1.54) is 0 Å². The topological polar surface area (TPSA) is 32.3 Å². The number of nitrogens with one attached hydrogen (secondary N) is 1. The summed E-state index contributed by atoms with van der Waals surface area (Å²) in [5, 5.41) is 3.94. The van der Waals surface area contributed by atoms with E-state index in [0.29, 0.717) is 23.1 Å². The third kappa shape index (κ3) is 4.39. The fourth-order valence-electron chi connectivity index (χ4n) is 1.20. The van der Waals surface area contributed by atoms with Crippen molar-refractivity contribution in [3.63, 3.8) is 0 Å². The molecule has 1 aromatic carbocycles. The zero-order chi connectivity index (χ0) is 12.1. The predicted molar refractivity (Wildman–Crippen MR) is 66.9 cm³/mol. The van der Waals surface area contributed by atoms with E-state index in [0.717, 1.165) is 5.56 Å². The molecule has 88 valence electrons. The van der Waals surface area contributed by atoms with Crippen molar-refractivity contribution in [1.82, 2.24) is 10.2 Å². The van der Waals surface area contributed by atoms with Crippen LogP contribution in [0, 0.1) is 0 Å². The Morgan fingerprint density at radius 1 is 1.38 bits per heavy atom. The number of halogens is 2. The highest BCUT2D eigenvalue weighted by atomic mass is 35.5. The summed E-state index contributed by atoms with van der Waals surface area (Å²) in [6.07, 6.45) is 0. The fraction of sp³-hybridized carbons (Fsp3) is 0.364. The van der Waals surface area contributed by atoms with Crippen molar-refractivity contribution in [2.24, 2.45) is 0 Å². The molecule has 1 rings (SSSR count). The van der Waals surface area contributed by atoms with Crippen LogP contribution < -0.4 is 5.32 Å². The van der Waals surface area contributed by atoms with Gasteiger partial charge in [0, 0.05) is 16.6 Å². The van der Waals surface area contributed by atoms with Gasteiger partial charge in [-0.1, -0.05) is 29.3 Å². The van der Waals surface area contributed by atoms with Crippen LogP contribution >= 0.6 is 23.2 Å². The molecule has 1 aromatic rings. The van der Waals surface area contributed by atoms with Gasteiger partial charge in [0.1, 0.15) is 0 Å². The molecular formula is C11H14Cl2N2O. The number of rotatable bonds is 4. The highest BCUT2D eigenvalue weighted by molar-refractivity contribution is 6.35. The average Bonchev–Trinajstić information content (AvgIpc) is 2.15. The molecule has 0 atom stereocenters. The van der Waals surface area contributed by atoms with E-state index in [2.05, 4.69) is 5.32 Å². The highest BCUT2D eigenvalue weighted by Crippen LogP contribution is 2.20. The number of benzene rings is 1. The first-order chi connectivity index (χ1) is 7.49. The second-order valence-electron chi connectivity index (χ2n) is 3.75. The van der Waals surface area contributed by atoms with Crippen LogP contribution in [0.4, 0.5) is 0 Å². The molecule has 3 nitrogen and oxygen atoms in total. The molecular weight excluding hydrogens is 247 g/mol. The molecule has 0 bridgehead atoms. The molecule has 0 aromatic heterocycles. The van der Waals surface area contributed by atoms with Gasteiger partial charge in [-0.2, -0.15) is 0 Å². The Balaban J connectivity index is 2.51. The number of likely N-dealkylation sites (N-methyl/N-ethyl adjacent to an activating group) is 1. The maximum absolute atomic E-state index is 11.4. The Bertz CT molecular complexity index is 380. The molecule has 1 N–H and O–H groups in total. The molecule has 0 fully saturated rings. The minimum absolute atomic E-state index is 0.0315. The van der Waals surface area contributed by atoms with Gasteiger partial charge in [-0.15, -0.1) is 0 Å². The fourth-order valence-corrected chi connectivity index (χ4v) is 1.68. The molecule has 5 heteroatoms. The van der Waals surface area contributed by atoms with Crippen LogP contribution in [0.15, 0.2) is 18.2 Å². The second kappa shape index (κ2) is 6.09. The largest absolute Gasteiger partial charge is 0.351 e. The van der Waals surface area contributed by atoms with E-state index in [1.54, 1.807) is 23.1 Å². The van der Waals surface area contributed by atoms with Gasteiger partial charge in [-0.25, -0.2) is 0 Å². The lowest BCUT2D eigenvalue weighted by Crippen LogP contribution is -2.32. The summed E-state index contributed by atoms with van der Waals surface area (Å²) in [5.74, 6) is -0.0315. The summed E-state index contributed by atoms with van der Waals surface area (Å²) in [6.45, 7) is 0.786. The molecule has 16 heavy (non-hydrogen) atoms. The Hall–Kier alpha value is -0.770. The van der Waals surface area contributed by atoms with Crippen LogP contribution in [0.1, 0.15) is 5.56 Å². The Labute approximate surface area is 105 Å². The van der Waals surface area contributed by atoms with Crippen LogP contribution in [-0.2, 0) is 11.3 Å². The second-order valence-corrected chi connectivity index (χ2v) is 4.59. The minimum atomic E-state index is -0.0315. The number of hydrogen-bond acceptors (Lipinski definition) is 2. The Morgan fingerprint density at radius 3 is 2.62 bits per heavy atom. The minimum Gasteiger partial charge on any atom is -0.351 e. The van der Waals surface area contributed by atoms with Crippen LogP contribution in [0.3, 0.4) is 0 Å². The molecule has 0 aliphatic carbocycles. The van der Waals surface area contributed by atoms with Gasteiger partial charge in [0.15, 0.2) is 0 Å². The number of hydrogen-bond donors (Lipinski definition) is 1. The number of nitrogens with zero attached hydrogens (tertiary/aromatic N) is 1. The maximum atomic E-state index is 11.4. The van der Waals surface area contributed by atoms with Crippen molar-refractivity contribution in [2.75, 3.05) is 20.6 Å². The summed E-state index contributed by atoms with van der Waals surface area (Å²) in [4.78, 5) is 13.2. The molecule has 0 radical (unpaired) electrons. The molecule has 0 unspecified atom stereocenters. The summed E-state index contributed by atoms with van der Waals surface area (Å²) < 4.78 is 0. The molecule has 0 aliphatic rings. The maximum Gasteiger partial charge on any atom is 0.234 e. The number of carbonyl (C=O) groups excluding carboxylic acids is 1. The first-order valence-electron chi connectivity index (χ1n) is 4.84. The van der Waals surface area contributed by atoms with E-state index in [-0.39, 0.29) is 5.91 Å². The number of amides is 1. The smallest absolute Gasteiger partial charge is 0.234 e. The van der Waals surface area contributed by atoms with Crippen molar-refractivity contribution < 1.29 is 4.79 Å². The van der Waals surface area contributed by atoms with Crippen molar-refractivity contribution in [3.8, 4) is 0 Å². The molecule has 0 saturated carbocycles. The van der Waals surface area contributed by atoms with Gasteiger partial charge in [0.2, 0.25) is 5.91 Å². The first-order valence-corrected chi connectivity index (χ1v) is 5.60. The quantitative estimate of drug-likeness (QED) is 0.900. The predicted octanol–water partition coefficient (Wildman–Crippen LogP) is 2.17. The van der Waals surface area contributed by atoms with E-state index < -0.39 is 0 Å². The van der Waals surface area contributed by atoms with Gasteiger partial charge in [0.25, 0.3) is 0 Å².